The van der Waals surface area contributed by atoms with Crippen LogP contribution in [0.5, 0.6) is 0 Å². The average molecular weight is 138 g/mol. The van der Waals surface area contributed by atoms with Crippen molar-refractivity contribution in [3.8, 4) is 0 Å². The summed E-state index contributed by atoms with van der Waals surface area (Å²) in [5.41, 5.74) is 2.08. The van der Waals surface area contributed by atoms with Gasteiger partial charge in [0.25, 0.3) is 0 Å². The highest BCUT2D eigenvalue weighted by atomic mass is 16.5. The maximum Gasteiger partial charge on any atom is 0.208 e. The summed E-state index contributed by atoms with van der Waals surface area (Å²) in [6.07, 6.45) is 2.69. The Bertz CT molecular complexity index is 219. The van der Waals surface area contributed by atoms with Crippen LogP contribution in [0.3, 0.4) is 0 Å². The molecule has 0 atom stereocenters. The third-order valence-corrected chi connectivity index (χ3v) is 1.40. The zero-order valence-electron chi connectivity index (χ0n) is 6.86. The Morgan fingerprint density at radius 1 is 1.40 bits per heavy atom. The fraction of sp³-hybridized carbons (Fsp3) is 0.625. The second kappa shape index (κ2) is 2.11. The molecule has 1 heterocycles. The van der Waals surface area contributed by atoms with E-state index in [4.69, 9.17) is 4.52 Å². The minimum Gasteiger partial charge on any atom is -0.352 e. The first kappa shape index (κ1) is 7.32. The molecule has 1 aromatic rings. The summed E-state index contributed by atoms with van der Waals surface area (Å²) in [4.78, 5) is 0. The van der Waals surface area contributed by atoms with E-state index < -0.39 is 0 Å². The molecule has 55 valence electrons. The highest BCUT2D eigenvalue weighted by Crippen LogP contribution is 2.22. The van der Waals surface area contributed by atoms with Crippen molar-refractivity contribution in [3.05, 3.63) is 17.5 Å². The minimum absolute atomic E-state index is 0.0770. The van der Waals surface area contributed by atoms with Crippen LogP contribution in [-0.2, 0) is 5.41 Å². The van der Waals surface area contributed by atoms with Gasteiger partial charge in [-0.2, -0.15) is 0 Å². The third kappa shape index (κ3) is 1.20. The van der Waals surface area contributed by atoms with Gasteiger partial charge in [0, 0.05) is 11.0 Å². The van der Waals surface area contributed by atoms with Crippen molar-refractivity contribution in [2.24, 2.45) is 0 Å². The van der Waals surface area contributed by atoms with E-state index >= 15 is 0 Å². The Morgan fingerprint density at radius 3 is 2.20 bits per heavy atom. The lowest BCUT2D eigenvalue weighted by Gasteiger charge is -2.14. The minimum atomic E-state index is 0.0770. The molecule has 0 amide bonds. The van der Waals surface area contributed by atoms with Crippen molar-refractivity contribution in [3.63, 3.8) is 0 Å². The van der Waals surface area contributed by atoms with E-state index in [0.717, 1.165) is 11.3 Å². The molecule has 0 fully saturated rings. The molecule has 0 unspecified atom stereocenters. The Balaban J connectivity index is 3.05. The van der Waals surface area contributed by atoms with Gasteiger partial charge in [-0.25, -0.2) is 0 Å². The zero-order valence-corrected chi connectivity index (χ0v) is 6.86. The fourth-order valence-corrected chi connectivity index (χ4v) is 0.953. The molecule has 0 aliphatic heterocycles. The summed E-state index contributed by atoms with van der Waals surface area (Å²) >= 11 is 0. The lowest BCUT2D eigenvalue weighted by molar-refractivity contribution is 0.387. The molecular formula is C8H12NO. The average Bonchev–Trinajstić information content (AvgIpc) is 2.11. The number of aryl methyl sites for hydroxylation is 1. The zero-order chi connectivity index (χ0) is 7.78. The summed E-state index contributed by atoms with van der Waals surface area (Å²) in [6.45, 7) is 8.26. The largest absolute Gasteiger partial charge is 0.352 e. The lowest BCUT2D eigenvalue weighted by Crippen LogP contribution is -2.12. The van der Waals surface area contributed by atoms with E-state index in [1.807, 2.05) is 6.92 Å². The molecule has 0 aromatic carbocycles. The fourth-order valence-electron chi connectivity index (χ4n) is 0.953. The Labute approximate surface area is 61.2 Å². The van der Waals surface area contributed by atoms with E-state index in [1.165, 1.54) is 0 Å². The molecule has 0 bridgehead atoms. The summed E-state index contributed by atoms with van der Waals surface area (Å²) in [6, 6.07) is 0. The van der Waals surface area contributed by atoms with Gasteiger partial charge < -0.3 is 4.52 Å². The molecule has 0 saturated carbocycles. The molecular weight excluding hydrogens is 126 g/mol. The first-order valence-electron chi connectivity index (χ1n) is 3.36. The summed E-state index contributed by atoms with van der Waals surface area (Å²) < 4.78 is 4.70. The molecule has 2 nitrogen and oxygen atoms in total. The van der Waals surface area contributed by atoms with Crippen LogP contribution in [-0.4, -0.2) is 5.16 Å². The third-order valence-electron chi connectivity index (χ3n) is 1.40. The highest BCUT2D eigenvalue weighted by molar-refractivity contribution is 5.18. The van der Waals surface area contributed by atoms with E-state index in [1.54, 1.807) is 0 Å². The van der Waals surface area contributed by atoms with Crippen LogP contribution in [0, 0.1) is 13.2 Å². The molecule has 1 radical (unpaired) electrons. The van der Waals surface area contributed by atoms with Gasteiger partial charge in [0.05, 0.1) is 5.69 Å². The van der Waals surface area contributed by atoms with Gasteiger partial charge in [0.1, 0.15) is 0 Å². The summed E-state index contributed by atoms with van der Waals surface area (Å²) in [7, 11) is 0. The Hall–Kier alpha value is -0.790. The van der Waals surface area contributed by atoms with Crippen LogP contribution in [0.1, 0.15) is 32.0 Å². The van der Waals surface area contributed by atoms with Crippen LogP contribution in [0.25, 0.3) is 0 Å². The number of aromatic nitrogens is 1. The smallest absolute Gasteiger partial charge is 0.208 e. The Kier molecular flexibility index (Phi) is 1.55. The van der Waals surface area contributed by atoms with Gasteiger partial charge in [0.15, 0.2) is 0 Å². The normalized spacial score (nSPS) is 12.0. The maximum absolute atomic E-state index is 4.70. The van der Waals surface area contributed by atoms with Crippen molar-refractivity contribution >= 4 is 0 Å². The molecule has 0 saturated heterocycles. The van der Waals surface area contributed by atoms with Gasteiger partial charge in [-0.3, -0.25) is 0 Å². The summed E-state index contributed by atoms with van der Waals surface area (Å²) in [5.74, 6) is 0. The van der Waals surface area contributed by atoms with Gasteiger partial charge in [-0.05, 0) is 6.92 Å². The van der Waals surface area contributed by atoms with Crippen molar-refractivity contribution in [2.45, 2.75) is 33.1 Å². The molecule has 1 rings (SSSR count). The predicted molar refractivity (Wildman–Crippen MR) is 38.8 cm³/mol. The molecule has 0 aliphatic rings. The molecule has 10 heavy (non-hydrogen) atoms. The molecule has 0 N–H and O–H groups in total. The maximum atomic E-state index is 4.70. The quantitative estimate of drug-likeness (QED) is 0.548. The van der Waals surface area contributed by atoms with Gasteiger partial charge >= 0.3 is 0 Å². The first-order valence-corrected chi connectivity index (χ1v) is 3.36. The van der Waals surface area contributed by atoms with Crippen molar-refractivity contribution in [1.29, 1.82) is 0 Å². The highest BCUT2D eigenvalue weighted by Gasteiger charge is 2.19. The van der Waals surface area contributed by atoms with Crippen LogP contribution in [0.15, 0.2) is 4.52 Å². The van der Waals surface area contributed by atoms with Crippen molar-refractivity contribution < 1.29 is 4.52 Å². The second-order valence-electron chi connectivity index (χ2n) is 3.51. The van der Waals surface area contributed by atoms with Crippen LogP contribution >= 0.6 is 0 Å². The second-order valence-corrected chi connectivity index (χ2v) is 3.51. The number of rotatable bonds is 0. The molecule has 0 spiro atoms. The van der Waals surface area contributed by atoms with E-state index in [9.17, 15) is 0 Å². The SMILES string of the molecule is Cc1[c]onc1C(C)(C)C. The number of hydrogen-bond donors (Lipinski definition) is 0. The van der Waals surface area contributed by atoms with Crippen LogP contribution in [0.4, 0.5) is 0 Å². The predicted octanol–water partition coefficient (Wildman–Crippen LogP) is 2.08. The van der Waals surface area contributed by atoms with Gasteiger partial charge in [0.2, 0.25) is 6.26 Å². The van der Waals surface area contributed by atoms with Crippen LogP contribution in [0.2, 0.25) is 0 Å². The van der Waals surface area contributed by atoms with Crippen molar-refractivity contribution in [2.75, 3.05) is 0 Å². The lowest BCUT2D eigenvalue weighted by atomic mass is 9.90. The van der Waals surface area contributed by atoms with Crippen LogP contribution < -0.4 is 0 Å². The molecule has 1 aromatic heterocycles. The van der Waals surface area contributed by atoms with E-state index in [-0.39, 0.29) is 5.41 Å². The van der Waals surface area contributed by atoms with Crippen molar-refractivity contribution in [1.82, 2.24) is 5.16 Å². The van der Waals surface area contributed by atoms with E-state index in [2.05, 4.69) is 32.2 Å². The molecule has 0 aliphatic carbocycles. The van der Waals surface area contributed by atoms with E-state index in [0.29, 0.717) is 0 Å². The Morgan fingerprint density at radius 2 is 2.00 bits per heavy atom. The topological polar surface area (TPSA) is 26.0 Å². The van der Waals surface area contributed by atoms with Gasteiger partial charge in [-0.1, -0.05) is 25.9 Å². The number of hydrogen-bond acceptors (Lipinski definition) is 2. The summed E-state index contributed by atoms with van der Waals surface area (Å²) in [5, 5.41) is 3.86. The molecule has 2 heteroatoms. The standard InChI is InChI=1S/C8H12NO/c1-6-5-10-9-7(6)8(2,3)4/h1-4H3. The first-order chi connectivity index (χ1) is 4.52. The number of nitrogens with zero attached hydrogens (tertiary/aromatic N) is 1. The monoisotopic (exact) mass is 138 g/mol. The van der Waals surface area contributed by atoms with Gasteiger partial charge in [-0.15, -0.1) is 0 Å².